The third-order valence-corrected chi connectivity index (χ3v) is 2.92. The number of guanidine groups is 1. The molecule has 2 N–H and O–H groups in total. The number of imidazole rings is 1. The van der Waals surface area contributed by atoms with Crippen molar-refractivity contribution in [2.24, 2.45) is 10.9 Å². The number of rotatable bonds is 8. The minimum absolute atomic E-state index is 0. The average molecular weight is 393 g/mol. The summed E-state index contributed by atoms with van der Waals surface area (Å²) in [5, 5.41) is 6.66. The van der Waals surface area contributed by atoms with Crippen molar-refractivity contribution in [1.29, 1.82) is 0 Å². The quantitative estimate of drug-likeness (QED) is 0.309. The smallest absolute Gasteiger partial charge is 0.190 e. The number of hydrogen-bond donors (Lipinski definition) is 2. The fourth-order valence-electron chi connectivity index (χ4n) is 1.83. The van der Waals surface area contributed by atoms with E-state index < -0.39 is 0 Å². The summed E-state index contributed by atoms with van der Waals surface area (Å²) in [7, 11) is 1.81. The highest BCUT2D eigenvalue weighted by molar-refractivity contribution is 14.0. The summed E-state index contributed by atoms with van der Waals surface area (Å²) in [6, 6.07) is 0. The fraction of sp³-hybridized carbons (Fsp3) is 0.714. The van der Waals surface area contributed by atoms with Crippen molar-refractivity contribution in [3.63, 3.8) is 0 Å². The van der Waals surface area contributed by atoms with Gasteiger partial charge in [0.1, 0.15) is 0 Å². The van der Waals surface area contributed by atoms with Crippen molar-refractivity contribution in [3.8, 4) is 0 Å². The highest BCUT2D eigenvalue weighted by atomic mass is 127. The largest absolute Gasteiger partial charge is 0.356 e. The summed E-state index contributed by atoms with van der Waals surface area (Å²) in [4.78, 5) is 8.24. The first kappa shape index (κ1) is 19.2. The molecule has 0 bridgehead atoms. The number of halogens is 1. The second-order valence-electron chi connectivity index (χ2n) is 5.12. The lowest BCUT2D eigenvalue weighted by atomic mass is 10.1. The van der Waals surface area contributed by atoms with Gasteiger partial charge < -0.3 is 15.2 Å². The van der Waals surface area contributed by atoms with Crippen molar-refractivity contribution in [3.05, 3.63) is 18.7 Å². The van der Waals surface area contributed by atoms with Crippen LogP contribution in [-0.4, -0.2) is 35.6 Å². The van der Waals surface area contributed by atoms with Crippen LogP contribution in [0, 0.1) is 5.92 Å². The summed E-state index contributed by atoms with van der Waals surface area (Å²) in [6.07, 6.45) is 9.14. The molecule has 5 nitrogen and oxygen atoms in total. The highest BCUT2D eigenvalue weighted by Crippen LogP contribution is 2.01. The van der Waals surface area contributed by atoms with E-state index in [9.17, 15) is 0 Å². The number of aromatic nitrogens is 2. The maximum absolute atomic E-state index is 4.21. The summed E-state index contributed by atoms with van der Waals surface area (Å²) < 4.78 is 2.08. The van der Waals surface area contributed by atoms with Crippen molar-refractivity contribution in [2.45, 2.75) is 39.7 Å². The van der Waals surface area contributed by atoms with Gasteiger partial charge in [-0.3, -0.25) is 4.99 Å². The van der Waals surface area contributed by atoms with Crippen LogP contribution in [0.15, 0.2) is 23.7 Å². The Hall–Kier alpha value is -0.790. The van der Waals surface area contributed by atoms with Crippen LogP contribution in [0.4, 0.5) is 0 Å². The van der Waals surface area contributed by atoms with Crippen LogP contribution in [0.25, 0.3) is 0 Å². The van der Waals surface area contributed by atoms with E-state index >= 15 is 0 Å². The molecule has 20 heavy (non-hydrogen) atoms. The Morgan fingerprint density at radius 2 is 1.95 bits per heavy atom. The average Bonchev–Trinajstić information content (AvgIpc) is 2.89. The lowest BCUT2D eigenvalue weighted by Crippen LogP contribution is -2.38. The molecular formula is C14H28IN5. The maximum Gasteiger partial charge on any atom is 0.190 e. The summed E-state index contributed by atoms with van der Waals surface area (Å²) in [6.45, 7) is 7.39. The minimum Gasteiger partial charge on any atom is -0.356 e. The number of aryl methyl sites for hydroxylation is 1. The van der Waals surface area contributed by atoms with Crippen molar-refractivity contribution in [2.75, 3.05) is 20.1 Å². The van der Waals surface area contributed by atoms with Gasteiger partial charge in [-0.25, -0.2) is 4.98 Å². The van der Waals surface area contributed by atoms with Crippen LogP contribution < -0.4 is 10.6 Å². The first-order valence-electron chi connectivity index (χ1n) is 7.12. The molecule has 116 valence electrons. The number of nitrogens with zero attached hydrogens (tertiary/aromatic N) is 3. The van der Waals surface area contributed by atoms with Crippen molar-refractivity contribution in [1.82, 2.24) is 20.2 Å². The van der Waals surface area contributed by atoms with Gasteiger partial charge in [-0.15, -0.1) is 24.0 Å². The van der Waals surface area contributed by atoms with Gasteiger partial charge in [0, 0.05) is 39.1 Å². The third-order valence-electron chi connectivity index (χ3n) is 2.92. The van der Waals surface area contributed by atoms with Gasteiger partial charge in [-0.2, -0.15) is 0 Å². The van der Waals surface area contributed by atoms with E-state index in [4.69, 9.17) is 0 Å². The van der Waals surface area contributed by atoms with E-state index in [0.29, 0.717) is 0 Å². The van der Waals surface area contributed by atoms with E-state index in [1.807, 2.05) is 25.8 Å². The molecule has 0 aliphatic carbocycles. The van der Waals surface area contributed by atoms with Crippen LogP contribution in [0.2, 0.25) is 0 Å². The molecule has 0 saturated heterocycles. The normalized spacial score (nSPS) is 11.3. The molecule has 0 saturated carbocycles. The van der Waals surface area contributed by atoms with Gasteiger partial charge in [0.15, 0.2) is 5.96 Å². The molecule has 0 fully saturated rings. The number of aliphatic imine (C=N–C) groups is 1. The Balaban J connectivity index is 0.00000361. The molecule has 1 rings (SSSR count). The molecule has 0 atom stereocenters. The van der Waals surface area contributed by atoms with Gasteiger partial charge in [-0.1, -0.05) is 13.8 Å². The molecular weight excluding hydrogens is 365 g/mol. The van der Waals surface area contributed by atoms with Crippen LogP contribution in [-0.2, 0) is 6.54 Å². The van der Waals surface area contributed by atoms with E-state index in [0.717, 1.165) is 37.9 Å². The summed E-state index contributed by atoms with van der Waals surface area (Å²) in [5.41, 5.74) is 0. The van der Waals surface area contributed by atoms with Crippen LogP contribution in [0.1, 0.15) is 33.1 Å². The van der Waals surface area contributed by atoms with Crippen LogP contribution >= 0.6 is 24.0 Å². The third kappa shape index (κ3) is 9.17. The Morgan fingerprint density at radius 1 is 1.25 bits per heavy atom. The SMILES string of the molecule is CN=C(NCCCC(C)C)NCCCn1ccnc1.I. The van der Waals surface area contributed by atoms with Gasteiger partial charge >= 0.3 is 0 Å². The lowest BCUT2D eigenvalue weighted by Gasteiger charge is -2.12. The maximum atomic E-state index is 4.21. The Morgan fingerprint density at radius 3 is 2.50 bits per heavy atom. The van der Waals surface area contributed by atoms with Crippen molar-refractivity contribution >= 4 is 29.9 Å². The minimum atomic E-state index is 0. The van der Waals surface area contributed by atoms with Gasteiger partial charge in [0.05, 0.1) is 6.33 Å². The lowest BCUT2D eigenvalue weighted by molar-refractivity contribution is 0.548. The predicted octanol–water partition coefficient (Wildman–Crippen LogP) is 2.49. The van der Waals surface area contributed by atoms with E-state index in [-0.39, 0.29) is 24.0 Å². The molecule has 0 amide bonds. The Bertz CT molecular complexity index is 348. The Kier molecular flexibility index (Phi) is 11.5. The first-order chi connectivity index (χ1) is 9.22. The molecule has 1 aromatic rings. The molecule has 0 radical (unpaired) electrons. The Labute approximate surface area is 139 Å². The van der Waals surface area contributed by atoms with E-state index in [1.165, 1.54) is 12.8 Å². The molecule has 0 spiro atoms. The van der Waals surface area contributed by atoms with Gasteiger partial charge in [-0.05, 0) is 25.2 Å². The fourth-order valence-corrected chi connectivity index (χ4v) is 1.83. The van der Waals surface area contributed by atoms with Crippen molar-refractivity contribution < 1.29 is 0 Å². The second kappa shape index (κ2) is 12.0. The van der Waals surface area contributed by atoms with Crippen LogP contribution in [0.3, 0.4) is 0 Å². The van der Waals surface area contributed by atoms with Crippen LogP contribution in [0.5, 0.6) is 0 Å². The summed E-state index contributed by atoms with van der Waals surface area (Å²) in [5.74, 6) is 1.67. The first-order valence-corrected chi connectivity index (χ1v) is 7.12. The predicted molar refractivity (Wildman–Crippen MR) is 95.7 cm³/mol. The molecule has 0 aliphatic rings. The molecule has 0 aromatic carbocycles. The molecule has 0 unspecified atom stereocenters. The topological polar surface area (TPSA) is 54.2 Å². The molecule has 1 heterocycles. The standard InChI is InChI=1S/C14H27N5.HI/c1-13(2)6-4-7-17-14(15-3)18-8-5-10-19-11-9-16-12-19;/h9,11-13H,4-8,10H2,1-3H3,(H2,15,17,18);1H. The highest BCUT2D eigenvalue weighted by Gasteiger charge is 1.98. The number of hydrogen-bond acceptors (Lipinski definition) is 2. The van der Waals surface area contributed by atoms with Gasteiger partial charge in [0.2, 0.25) is 0 Å². The zero-order valence-electron chi connectivity index (χ0n) is 12.8. The molecule has 0 aliphatic heterocycles. The zero-order chi connectivity index (χ0) is 13.9. The number of nitrogens with one attached hydrogen (secondary N) is 2. The summed E-state index contributed by atoms with van der Waals surface area (Å²) >= 11 is 0. The van der Waals surface area contributed by atoms with E-state index in [2.05, 4.69) is 39.0 Å². The molecule has 1 aromatic heterocycles. The second-order valence-corrected chi connectivity index (χ2v) is 5.12. The zero-order valence-corrected chi connectivity index (χ0v) is 15.1. The van der Waals surface area contributed by atoms with Gasteiger partial charge in [0.25, 0.3) is 0 Å². The monoisotopic (exact) mass is 393 g/mol. The molecule has 6 heteroatoms. The van der Waals surface area contributed by atoms with E-state index in [1.54, 1.807) is 0 Å².